The third-order valence-corrected chi connectivity index (χ3v) is 5.15. The molecule has 0 bridgehead atoms. The molecule has 0 saturated carbocycles. The molecule has 0 radical (unpaired) electrons. The van der Waals surface area contributed by atoms with Crippen LogP contribution in [0.15, 0.2) is 53.6 Å². The van der Waals surface area contributed by atoms with Crippen molar-refractivity contribution in [2.75, 3.05) is 11.4 Å². The number of halogens is 1. The van der Waals surface area contributed by atoms with E-state index >= 15 is 0 Å². The Morgan fingerprint density at radius 1 is 1.10 bits per heavy atom. The van der Waals surface area contributed by atoms with Crippen LogP contribution in [0.1, 0.15) is 17.1 Å². The Labute approximate surface area is 172 Å². The van der Waals surface area contributed by atoms with E-state index in [0.29, 0.717) is 23.9 Å². The van der Waals surface area contributed by atoms with Gasteiger partial charge in [-0.3, -0.25) is 0 Å². The Balaban J connectivity index is 1.28. The SMILES string of the molecule is Cc1onc(-c2ccc(F)cc2)c1COc1cnc(N2CCn3ccnc3C2)cn1. The minimum atomic E-state index is -0.301. The van der Waals surface area contributed by atoms with Crippen LogP contribution in [0.4, 0.5) is 10.2 Å². The lowest BCUT2D eigenvalue weighted by atomic mass is 10.1. The molecule has 0 aliphatic carbocycles. The number of hydrogen-bond acceptors (Lipinski definition) is 7. The van der Waals surface area contributed by atoms with Crippen LogP contribution in [-0.2, 0) is 19.7 Å². The van der Waals surface area contributed by atoms with E-state index in [1.165, 1.54) is 12.1 Å². The van der Waals surface area contributed by atoms with Crippen LogP contribution >= 0.6 is 0 Å². The first-order valence-corrected chi connectivity index (χ1v) is 9.58. The Morgan fingerprint density at radius 3 is 2.77 bits per heavy atom. The number of nitrogens with zero attached hydrogens (tertiary/aromatic N) is 6. The average molecular weight is 406 g/mol. The number of aryl methyl sites for hydroxylation is 1. The van der Waals surface area contributed by atoms with Crippen LogP contribution in [-0.4, -0.2) is 31.2 Å². The first-order chi connectivity index (χ1) is 14.7. The summed E-state index contributed by atoms with van der Waals surface area (Å²) in [5, 5.41) is 4.09. The summed E-state index contributed by atoms with van der Waals surface area (Å²) in [6, 6.07) is 6.10. The quantitative estimate of drug-likeness (QED) is 0.502. The molecule has 5 rings (SSSR count). The molecular formula is C21H19FN6O2. The standard InChI is InChI=1S/C21H19FN6O2/c1-14-17(21(26-30-14)15-2-4-16(22)5-3-15)13-29-20-11-24-18(10-25-20)28-9-8-27-7-6-23-19(27)12-28/h2-7,10-11H,8-9,12-13H2,1H3. The predicted molar refractivity (Wildman–Crippen MR) is 106 cm³/mol. The van der Waals surface area contributed by atoms with E-state index < -0.39 is 0 Å². The van der Waals surface area contributed by atoms with Crippen molar-refractivity contribution in [3.05, 3.63) is 72.0 Å². The van der Waals surface area contributed by atoms with Crippen LogP contribution in [0, 0.1) is 12.7 Å². The molecule has 8 nitrogen and oxygen atoms in total. The van der Waals surface area contributed by atoms with Crippen LogP contribution in [0.3, 0.4) is 0 Å². The molecule has 0 atom stereocenters. The van der Waals surface area contributed by atoms with Gasteiger partial charge in [-0.1, -0.05) is 5.16 Å². The fourth-order valence-corrected chi connectivity index (χ4v) is 3.46. The van der Waals surface area contributed by atoms with Gasteiger partial charge in [0.15, 0.2) is 0 Å². The molecule has 0 spiro atoms. The van der Waals surface area contributed by atoms with Crippen molar-refractivity contribution in [2.45, 2.75) is 26.6 Å². The van der Waals surface area contributed by atoms with Crippen molar-refractivity contribution in [3.8, 4) is 17.1 Å². The summed E-state index contributed by atoms with van der Waals surface area (Å²) >= 11 is 0. The topological polar surface area (TPSA) is 82.1 Å². The summed E-state index contributed by atoms with van der Waals surface area (Å²) in [7, 11) is 0. The second-order valence-electron chi connectivity index (χ2n) is 7.03. The van der Waals surface area contributed by atoms with Gasteiger partial charge in [-0.25, -0.2) is 19.3 Å². The number of imidazole rings is 1. The Hall–Kier alpha value is -3.75. The highest BCUT2D eigenvalue weighted by molar-refractivity contribution is 5.63. The molecule has 1 aliphatic rings. The molecule has 30 heavy (non-hydrogen) atoms. The third kappa shape index (κ3) is 3.49. The second-order valence-corrected chi connectivity index (χ2v) is 7.03. The summed E-state index contributed by atoms with van der Waals surface area (Å²) in [4.78, 5) is 15.4. The molecule has 1 aliphatic heterocycles. The predicted octanol–water partition coefficient (Wildman–Crippen LogP) is 3.37. The number of ether oxygens (including phenoxy) is 1. The van der Waals surface area contributed by atoms with Gasteiger partial charge in [0, 0.05) is 31.0 Å². The van der Waals surface area contributed by atoms with Crippen LogP contribution in [0.5, 0.6) is 5.88 Å². The van der Waals surface area contributed by atoms with E-state index in [1.54, 1.807) is 24.5 Å². The molecule has 0 unspecified atom stereocenters. The van der Waals surface area contributed by atoms with Gasteiger partial charge < -0.3 is 18.7 Å². The molecule has 0 saturated heterocycles. The highest BCUT2D eigenvalue weighted by atomic mass is 19.1. The molecule has 9 heteroatoms. The van der Waals surface area contributed by atoms with Gasteiger partial charge in [-0.15, -0.1) is 0 Å². The maximum absolute atomic E-state index is 13.2. The zero-order valence-corrected chi connectivity index (χ0v) is 16.3. The average Bonchev–Trinajstić information content (AvgIpc) is 3.39. The van der Waals surface area contributed by atoms with Crippen molar-refractivity contribution in [1.82, 2.24) is 24.7 Å². The summed E-state index contributed by atoms with van der Waals surface area (Å²) in [5.74, 6) is 2.54. The summed E-state index contributed by atoms with van der Waals surface area (Å²) in [5.41, 5.74) is 2.17. The highest BCUT2D eigenvalue weighted by Gasteiger charge is 2.19. The molecule has 0 N–H and O–H groups in total. The summed E-state index contributed by atoms with van der Waals surface area (Å²) in [6.07, 6.45) is 7.11. The van der Waals surface area contributed by atoms with Crippen LogP contribution in [0.2, 0.25) is 0 Å². The van der Waals surface area contributed by atoms with Crippen molar-refractivity contribution in [2.24, 2.45) is 0 Å². The first kappa shape index (κ1) is 18.3. The first-order valence-electron chi connectivity index (χ1n) is 9.58. The number of benzene rings is 1. The van der Waals surface area contributed by atoms with Gasteiger partial charge in [-0.05, 0) is 31.2 Å². The molecule has 3 aromatic heterocycles. The summed E-state index contributed by atoms with van der Waals surface area (Å²) in [6.45, 7) is 4.45. The number of aromatic nitrogens is 5. The minimum Gasteiger partial charge on any atom is -0.471 e. The molecule has 4 heterocycles. The van der Waals surface area contributed by atoms with Crippen molar-refractivity contribution < 1.29 is 13.7 Å². The van der Waals surface area contributed by atoms with E-state index in [0.717, 1.165) is 35.9 Å². The summed E-state index contributed by atoms with van der Waals surface area (Å²) < 4.78 is 26.5. The number of anilines is 1. The zero-order valence-electron chi connectivity index (χ0n) is 16.3. The monoisotopic (exact) mass is 406 g/mol. The number of rotatable bonds is 5. The highest BCUT2D eigenvalue weighted by Crippen LogP contribution is 2.27. The Bertz CT molecular complexity index is 1150. The lowest BCUT2D eigenvalue weighted by Crippen LogP contribution is -2.34. The fourth-order valence-electron chi connectivity index (χ4n) is 3.46. The second kappa shape index (κ2) is 7.58. The van der Waals surface area contributed by atoms with E-state index in [2.05, 4.69) is 29.6 Å². The van der Waals surface area contributed by atoms with Crippen molar-refractivity contribution in [1.29, 1.82) is 0 Å². The molecule has 0 amide bonds. The van der Waals surface area contributed by atoms with Gasteiger partial charge in [0.05, 0.1) is 24.5 Å². The smallest absolute Gasteiger partial charge is 0.232 e. The van der Waals surface area contributed by atoms with E-state index in [9.17, 15) is 4.39 Å². The van der Waals surface area contributed by atoms with Gasteiger partial charge in [0.2, 0.25) is 5.88 Å². The minimum absolute atomic E-state index is 0.219. The van der Waals surface area contributed by atoms with Gasteiger partial charge in [0.1, 0.15) is 35.5 Å². The van der Waals surface area contributed by atoms with Gasteiger partial charge in [-0.2, -0.15) is 0 Å². The molecule has 1 aromatic carbocycles. The van der Waals surface area contributed by atoms with Crippen LogP contribution < -0.4 is 9.64 Å². The van der Waals surface area contributed by atoms with Gasteiger partial charge in [0.25, 0.3) is 0 Å². The normalized spacial score (nSPS) is 13.3. The van der Waals surface area contributed by atoms with Crippen LogP contribution in [0.25, 0.3) is 11.3 Å². The maximum atomic E-state index is 13.2. The maximum Gasteiger partial charge on any atom is 0.232 e. The lowest BCUT2D eigenvalue weighted by Gasteiger charge is -2.28. The molecular weight excluding hydrogens is 387 g/mol. The Morgan fingerprint density at radius 2 is 1.97 bits per heavy atom. The zero-order chi connectivity index (χ0) is 20.5. The molecule has 4 aromatic rings. The molecule has 152 valence electrons. The van der Waals surface area contributed by atoms with Crippen molar-refractivity contribution >= 4 is 5.82 Å². The molecule has 0 fully saturated rings. The van der Waals surface area contributed by atoms with E-state index in [4.69, 9.17) is 9.26 Å². The van der Waals surface area contributed by atoms with E-state index in [1.807, 2.05) is 19.3 Å². The lowest BCUT2D eigenvalue weighted by molar-refractivity contribution is 0.289. The number of fused-ring (bicyclic) bond motifs is 1. The third-order valence-electron chi connectivity index (χ3n) is 5.15. The fraction of sp³-hybridized carbons (Fsp3) is 0.238. The van der Waals surface area contributed by atoms with Gasteiger partial charge >= 0.3 is 0 Å². The largest absolute Gasteiger partial charge is 0.471 e. The Kier molecular flexibility index (Phi) is 4.62. The van der Waals surface area contributed by atoms with E-state index in [-0.39, 0.29) is 12.4 Å². The van der Waals surface area contributed by atoms with Crippen molar-refractivity contribution in [3.63, 3.8) is 0 Å². The number of hydrogen-bond donors (Lipinski definition) is 0.